The molecular formula is C8H8F3N5O. The molecule has 0 radical (unpaired) electrons. The van der Waals surface area contributed by atoms with Crippen molar-refractivity contribution in [1.29, 1.82) is 5.26 Å². The molecule has 0 fully saturated rings. The molecular weight excluding hydrogens is 239 g/mol. The fraction of sp³-hybridized carbons (Fsp3) is 0.375. The second-order valence-corrected chi connectivity index (χ2v) is 3.07. The van der Waals surface area contributed by atoms with E-state index in [0.29, 0.717) is 0 Å². The number of nitriles is 1. The Hall–Kier alpha value is -2.24. The van der Waals surface area contributed by atoms with Crippen LogP contribution in [0.25, 0.3) is 0 Å². The number of aromatic nitrogens is 2. The van der Waals surface area contributed by atoms with Crippen molar-refractivity contribution >= 4 is 11.8 Å². The number of nitrogens with zero attached hydrogens (tertiary/aromatic N) is 3. The minimum Gasteiger partial charge on any atom is -0.329 e. The number of hydrogen-bond acceptors (Lipinski definition) is 3. The first-order valence-corrected chi connectivity index (χ1v) is 4.37. The highest BCUT2D eigenvalue weighted by Gasteiger charge is 2.27. The zero-order chi connectivity index (χ0) is 13.1. The number of rotatable bonds is 2. The van der Waals surface area contributed by atoms with Crippen LogP contribution < -0.4 is 10.6 Å². The molecule has 0 spiro atoms. The van der Waals surface area contributed by atoms with Crippen LogP contribution in [0.4, 0.5) is 23.8 Å². The Balaban J connectivity index is 2.63. The first kappa shape index (κ1) is 12.8. The van der Waals surface area contributed by atoms with Crippen molar-refractivity contribution in [3.63, 3.8) is 0 Å². The van der Waals surface area contributed by atoms with E-state index in [-0.39, 0.29) is 11.4 Å². The normalized spacial score (nSPS) is 10.8. The number of amides is 2. The Morgan fingerprint density at radius 3 is 2.82 bits per heavy atom. The van der Waals surface area contributed by atoms with E-state index < -0.39 is 18.8 Å². The van der Waals surface area contributed by atoms with Crippen molar-refractivity contribution in [2.24, 2.45) is 7.05 Å². The summed E-state index contributed by atoms with van der Waals surface area (Å²) in [5.41, 5.74) is 0.0645. The van der Waals surface area contributed by atoms with Crippen LogP contribution in [0.1, 0.15) is 5.56 Å². The van der Waals surface area contributed by atoms with Crippen LogP contribution >= 0.6 is 0 Å². The number of carbonyl (C=O) groups excluding carboxylic acids is 1. The Labute approximate surface area is 94.0 Å². The van der Waals surface area contributed by atoms with E-state index in [9.17, 15) is 18.0 Å². The molecule has 1 rings (SSSR count). The van der Waals surface area contributed by atoms with Gasteiger partial charge in [0.15, 0.2) is 0 Å². The Kier molecular flexibility index (Phi) is 3.57. The first-order chi connectivity index (χ1) is 7.83. The molecule has 0 atom stereocenters. The summed E-state index contributed by atoms with van der Waals surface area (Å²) < 4.78 is 36.6. The molecule has 0 unspecified atom stereocenters. The molecule has 0 aliphatic heterocycles. The van der Waals surface area contributed by atoms with E-state index >= 15 is 0 Å². The second kappa shape index (κ2) is 4.73. The maximum Gasteiger partial charge on any atom is 0.405 e. The minimum atomic E-state index is -4.48. The highest BCUT2D eigenvalue weighted by atomic mass is 19.4. The summed E-state index contributed by atoms with van der Waals surface area (Å²) in [5, 5.41) is 16.1. The number of aryl methyl sites for hydroxylation is 1. The molecule has 6 nitrogen and oxygen atoms in total. The average Bonchev–Trinajstić information content (AvgIpc) is 2.56. The van der Waals surface area contributed by atoms with Gasteiger partial charge in [0.25, 0.3) is 0 Å². The lowest BCUT2D eigenvalue weighted by atomic mass is 10.3. The van der Waals surface area contributed by atoms with Crippen molar-refractivity contribution in [3.8, 4) is 6.07 Å². The van der Waals surface area contributed by atoms with E-state index in [4.69, 9.17) is 5.26 Å². The predicted octanol–water partition coefficient (Wildman–Crippen LogP) is 0.976. The lowest BCUT2D eigenvalue weighted by Crippen LogP contribution is -2.37. The van der Waals surface area contributed by atoms with Gasteiger partial charge in [0.1, 0.15) is 24.0 Å². The van der Waals surface area contributed by atoms with E-state index in [1.54, 1.807) is 11.4 Å². The highest BCUT2D eigenvalue weighted by molar-refractivity contribution is 5.89. The van der Waals surface area contributed by atoms with Gasteiger partial charge in [0.2, 0.25) is 0 Å². The average molecular weight is 247 g/mol. The molecule has 0 bridgehead atoms. The minimum absolute atomic E-state index is 0.0344. The summed E-state index contributed by atoms with van der Waals surface area (Å²) in [4.78, 5) is 11.1. The van der Waals surface area contributed by atoms with Gasteiger partial charge in [-0.3, -0.25) is 10.00 Å². The maximum absolute atomic E-state index is 11.8. The highest BCUT2D eigenvalue weighted by Crippen LogP contribution is 2.14. The van der Waals surface area contributed by atoms with E-state index in [1.807, 2.05) is 0 Å². The van der Waals surface area contributed by atoms with Crippen molar-refractivity contribution in [3.05, 3.63) is 11.8 Å². The number of halogens is 3. The Morgan fingerprint density at radius 1 is 1.65 bits per heavy atom. The van der Waals surface area contributed by atoms with Crippen molar-refractivity contribution in [2.75, 3.05) is 11.9 Å². The van der Waals surface area contributed by atoms with Gasteiger partial charge >= 0.3 is 12.2 Å². The van der Waals surface area contributed by atoms with Crippen LogP contribution in [0, 0.1) is 11.3 Å². The van der Waals surface area contributed by atoms with Crippen LogP contribution in [0.5, 0.6) is 0 Å². The summed E-state index contributed by atoms with van der Waals surface area (Å²) in [6, 6.07) is 0.693. The number of alkyl halides is 3. The van der Waals surface area contributed by atoms with Gasteiger partial charge < -0.3 is 5.32 Å². The van der Waals surface area contributed by atoms with Gasteiger partial charge in [-0.2, -0.15) is 23.5 Å². The molecule has 9 heteroatoms. The van der Waals surface area contributed by atoms with Gasteiger partial charge in [-0.05, 0) is 0 Å². The van der Waals surface area contributed by atoms with Gasteiger partial charge in [-0.15, -0.1) is 0 Å². The third kappa shape index (κ3) is 3.67. The predicted molar refractivity (Wildman–Crippen MR) is 51.0 cm³/mol. The molecule has 1 aromatic heterocycles. The molecule has 17 heavy (non-hydrogen) atoms. The molecule has 2 N–H and O–H groups in total. The van der Waals surface area contributed by atoms with Crippen LogP contribution in [0.3, 0.4) is 0 Å². The monoisotopic (exact) mass is 247 g/mol. The summed E-state index contributed by atoms with van der Waals surface area (Å²) in [7, 11) is 1.44. The van der Waals surface area contributed by atoms with Crippen LogP contribution in [-0.4, -0.2) is 28.5 Å². The lowest BCUT2D eigenvalue weighted by molar-refractivity contribution is -0.122. The summed E-state index contributed by atoms with van der Waals surface area (Å²) in [6.07, 6.45) is -3.29. The number of carbonyl (C=O) groups is 1. The van der Waals surface area contributed by atoms with Crippen molar-refractivity contribution in [1.82, 2.24) is 15.1 Å². The summed E-state index contributed by atoms with van der Waals surface area (Å²) >= 11 is 0. The fourth-order valence-electron chi connectivity index (χ4n) is 1.000. The lowest BCUT2D eigenvalue weighted by Gasteiger charge is -2.09. The van der Waals surface area contributed by atoms with Gasteiger partial charge in [0, 0.05) is 7.05 Å². The zero-order valence-electron chi connectivity index (χ0n) is 8.67. The number of anilines is 1. The van der Waals surface area contributed by atoms with Crippen LogP contribution in [0.15, 0.2) is 6.20 Å². The zero-order valence-corrected chi connectivity index (χ0v) is 8.67. The summed E-state index contributed by atoms with van der Waals surface area (Å²) in [5.74, 6) is 0.0344. The molecule has 1 heterocycles. The summed E-state index contributed by atoms with van der Waals surface area (Å²) in [6.45, 7) is -1.45. The van der Waals surface area contributed by atoms with Crippen molar-refractivity contribution in [2.45, 2.75) is 6.18 Å². The van der Waals surface area contributed by atoms with E-state index in [2.05, 4.69) is 10.4 Å². The second-order valence-electron chi connectivity index (χ2n) is 3.07. The molecule has 0 aromatic carbocycles. The van der Waals surface area contributed by atoms with Gasteiger partial charge in [-0.1, -0.05) is 0 Å². The third-order valence-electron chi connectivity index (χ3n) is 1.74. The van der Waals surface area contributed by atoms with Crippen LogP contribution in [-0.2, 0) is 7.05 Å². The largest absolute Gasteiger partial charge is 0.405 e. The molecule has 0 aliphatic rings. The topological polar surface area (TPSA) is 82.7 Å². The van der Waals surface area contributed by atoms with Crippen LogP contribution in [0.2, 0.25) is 0 Å². The fourth-order valence-corrected chi connectivity index (χ4v) is 1.000. The molecule has 2 amide bonds. The Morgan fingerprint density at radius 2 is 2.29 bits per heavy atom. The number of urea groups is 1. The molecule has 0 saturated carbocycles. The quantitative estimate of drug-likeness (QED) is 0.817. The smallest absolute Gasteiger partial charge is 0.329 e. The molecule has 0 saturated heterocycles. The third-order valence-corrected chi connectivity index (χ3v) is 1.74. The van der Waals surface area contributed by atoms with E-state index in [0.717, 1.165) is 0 Å². The first-order valence-electron chi connectivity index (χ1n) is 4.37. The molecule has 1 aromatic rings. The number of nitrogens with one attached hydrogen (secondary N) is 2. The van der Waals surface area contributed by atoms with Crippen molar-refractivity contribution < 1.29 is 18.0 Å². The molecule has 92 valence electrons. The van der Waals surface area contributed by atoms with Gasteiger partial charge in [-0.25, -0.2) is 4.79 Å². The standard InChI is InChI=1S/C8H8F3N5O/c1-16-6(5(2-12)3-14-16)15-7(17)13-4-8(9,10)11/h3H,4H2,1H3,(H2,13,15,17). The molecule has 0 aliphatic carbocycles. The maximum atomic E-state index is 11.8. The SMILES string of the molecule is Cn1ncc(C#N)c1NC(=O)NCC(F)(F)F. The van der Waals surface area contributed by atoms with E-state index in [1.165, 1.54) is 17.9 Å². The number of hydrogen-bond donors (Lipinski definition) is 2. The van der Waals surface area contributed by atoms with Gasteiger partial charge in [0.05, 0.1) is 6.20 Å². The Bertz CT molecular complexity index is 459.